The number of aromatic nitrogens is 2. The molecule has 1 aromatic heterocycles. The van der Waals surface area contributed by atoms with E-state index < -0.39 is 9.84 Å². The fourth-order valence-corrected chi connectivity index (χ4v) is 3.63. The number of nitrogens with zero attached hydrogens (tertiary/aromatic N) is 2. The van der Waals surface area contributed by atoms with Crippen molar-refractivity contribution in [1.29, 1.82) is 0 Å². The molecule has 0 atom stereocenters. The molecule has 26 heavy (non-hydrogen) atoms. The standard InChI is InChI=1S/C19H21N3O3S/c1-26(24,25)13-15-6-4-7-16(12-15)19(23)20-10-5-11-22-14-21-17-8-2-3-9-18(17)22/h2-4,6-9,12,14H,5,10-11,13H2,1H3,(H,20,23). The summed E-state index contributed by atoms with van der Waals surface area (Å²) in [5, 5.41) is 2.88. The first-order chi connectivity index (χ1) is 12.4. The number of fused-ring (bicyclic) bond motifs is 1. The van der Waals surface area contributed by atoms with Crippen molar-refractivity contribution >= 4 is 26.8 Å². The number of sulfone groups is 1. The minimum atomic E-state index is -3.12. The smallest absolute Gasteiger partial charge is 0.251 e. The Morgan fingerprint density at radius 3 is 2.77 bits per heavy atom. The number of para-hydroxylation sites is 2. The van der Waals surface area contributed by atoms with Gasteiger partial charge in [0.1, 0.15) is 0 Å². The third-order valence-corrected chi connectivity index (χ3v) is 4.86. The molecular formula is C19H21N3O3S. The van der Waals surface area contributed by atoms with Crippen LogP contribution in [-0.4, -0.2) is 36.7 Å². The molecular weight excluding hydrogens is 350 g/mol. The van der Waals surface area contributed by atoms with Crippen molar-refractivity contribution in [2.75, 3.05) is 12.8 Å². The molecule has 0 spiro atoms. The number of carbonyl (C=O) groups is 1. The molecule has 0 aliphatic rings. The molecule has 0 radical (unpaired) electrons. The molecule has 1 amide bonds. The van der Waals surface area contributed by atoms with Crippen LogP contribution in [0.5, 0.6) is 0 Å². The van der Waals surface area contributed by atoms with Gasteiger partial charge in [0.15, 0.2) is 9.84 Å². The van der Waals surface area contributed by atoms with Crippen LogP contribution in [0.1, 0.15) is 22.3 Å². The van der Waals surface area contributed by atoms with Crippen LogP contribution in [0.25, 0.3) is 11.0 Å². The second-order valence-electron chi connectivity index (χ2n) is 6.31. The van der Waals surface area contributed by atoms with E-state index in [0.29, 0.717) is 17.7 Å². The van der Waals surface area contributed by atoms with E-state index in [2.05, 4.69) is 14.9 Å². The van der Waals surface area contributed by atoms with E-state index in [1.165, 1.54) is 6.26 Å². The Morgan fingerprint density at radius 2 is 1.96 bits per heavy atom. The summed E-state index contributed by atoms with van der Waals surface area (Å²) in [5.74, 6) is -0.266. The van der Waals surface area contributed by atoms with Gasteiger partial charge in [-0.15, -0.1) is 0 Å². The molecule has 0 aliphatic carbocycles. The van der Waals surface area contributed by atoms with Crippen molar-refractivity contribution in [3.63, 3.8) is 0 Å². The van der Waals surface area contributed by atoms with Crippen LogP contribution in [0, 0.1) is 0 Å². The first-order valence-electron chi connectivity index (χ1n) is 8.37. The number of benzene rings is 2. The Kier molecular flexibility index (Phi) is 5.37. The van der Waals surface area contributed by atoms with Crippen molar-refractivity contribution in [1.82, 2.24) is 14.9 Å². The van der Waals surface area contributed by atoms with Crippen molar-refractivity contribution in [2.24, 2.45) is 0 Å². The topological polar surface area (TPSA) is 81.1 Å². The van der Waals surface area contributed by atoms with Crippen LogP contribution in [0.15, 0.2) is 54.9 Å². The zero-order valence-corrected chi connectivity index (χ0v) is 15.4. The maximum absolute atomic E-state index is 12.3. The van der Waals surface area contributed by atoms with Crippen molar-refractivity contribution in [3.05, 3.63) is 66.0 Å². The predicted octanol–water partition coefficient (Wildman–Crippen LogP) is 2.40. The molecule has 3 rings (SSSR count). The van der Waals surface area contributed by atoms with Gasteiger partial charge >= 0.3 is 0 Å². The highest BCUT2D eigenvalue weighted by Gasteiger charge is 2.09. The predicted molar refractivity (Wildman–Crippen MR) is 102 cm³/mol. The molecule has 0 saturated heterocycles. The second kappa shape index (κ2) is 7.70. The van der Waals surface area contributed by atoms with Gasteiger partial charge in [0.2, 0.25) is 0 Å². The molecule has 6 nitrogen and oxygen atoms in total. The van der Waals surface area contributed by atoms with Gasteiger partial charge in [0.25, 0.3) is 5.91 Å². The number of aryl methyl sites for hydroxylation is 1. The first kappa shape index (κ1) is 18.1. The van der Waals surface area contributed by atoms with Gasteiger partial charge in [0.05, 0.1) is 23.1 Å². The van der Waals surface area contributed by atoms with Gasteiger partial charge in [-0.25, -0.2) is 13.4 Å². The van der Waals surface area contributed by atoms with Crippen LogP contribution in [0.2, 0.25) is 0 Å². The molecule has 1 N–H and O–H groups in total. The van der Waals surface area contributed by atoms with Gasteiger partial charge in [0, 0.05) is 24.9 Å². The van der Waals surface area contributed by atoms with E-state index >= 15 is 0 Å². The summed E-state index contributed by atoms with van der Waals surface area (Å²) in [6, 6.07) is 14.6. The number of nitrogens with one attached hydrogen (secondary N) is 1. The highest BCUT2D eigenvalue weighted by molar-refractivity contribution is 7.89. The van der Waals surface area contributed by atoms with Crippen LogP contribution >= 0.6 is 0 Å². The quantitative estimate of drug-likeness (QED) is 0.647. The van der Waals surface area contributed by atoms with E-state index in [1.807, 2.05) is 24.3 Å². The lowest BCUT2D eigenvalue weighted by atomic mass is 10.1. The summed E-state index contributed by atoms with van der Waals surface area (Å²) < 4.78 is 24.8. The second-order valence-corrected chi connectivity index (χ2v) is 8.45. The third kappa shape index (κ3) is 4.70. The zero-order chi connectivity index (χ0) is 18.6. The number of imidazole rings is 1. The highest BCUT2D eigenvalue weighted by Crippen LogP contribution is 2.12. The number of hydrogen-bond acceptors (Lipinski definition) is 4. The lowest BCUT2D eigenvalue weighted by molar-refractivity contribution is 0.0952. The SMILES string of the molecule is CS(=O)(=O)Cc1cccc(C(=O)NCCCn2cnc3ccccc32)c1. The van der Waals surface area contributed by atoms with E-state index in [0.717, 1.165) is 24.0 Å². The van der Waals surface area contributed by atoms with Crippen LogP contribution < -0.4 is 5.32 Å². The fraction of sp³-hybridized carbons (Fsp3) is 0.263. The Morgan fingerprint density at radius 1 is 1.15 bits per heavy atom. The Hall–Kier alpha value is -2.67. The Labute approximate surface area is 152 Å². The summed E-state index contributed by atoms with van der Waals surface area (Å²) in [7, 11) is -3.12. The number of rotatable bonds is 7. The normalized spacial score (nSPS) is 11.6. The Balaban J connectivity index is 1.53. The van der Waals surface area contributed by atoms with E-state index in [4.69, 9.17) is 0 Å². The Bertz CT molecular complexity index is 1030. The largest absolute Gasteiger partial charge is 0.352 e. The maximum atomic E-state index is 12.3. The van der Waals surface area contributed by atoms with Gasteiger partial charge in [-0.1, -0.05) is 24.3 Å². The zero-order valence-electron chi connectivity index (χ0n) is 14.6. The van der Waals surface area contributed by atoms with Gasteiger partial charge < -0.3 is 9.88 Å². The molecule has 0 saturated carbocycles. The fourth-order valence-electron chi connectivity index (χ4n) is 2.85. The lowest BCUT2D eigenvalue weighted by Gasteiger charge is -2.08. The van der Waals surface area contributed by atoms with Crippen molar-refractivity contribution in [2.45, 2.75) is 18.7 Å². The number of carbonyl (C=O) groups excluding carboxylic acids is 1. The van der Waals surface area contributed by atoms with Gasteiger partial charge in [-0.05, 0) is 36.2 Å². The summed E-state index contributed by atoms with van der Waals surface area (Å²) in [6.07, 6.45) is 3.76. The molecule has 7 heteroatoms. The van der Waals surface area contributed by atoms with E-state index in [-0.39, 0.29) is 11.7 Å². The molecule has 2 aromatic carbocycles. The monoisotopic (exact) mass is 371 g/mol. The van der Waals surface area contributed by atoms with Gasteiger partial charge in [-0.3, -0.25) is 4.79 Å². The summed E-state index contributed by atoms with van der Waals surface area (Å²) in [4.78, 5) is 16.6. The minimum absolute atomic E-state index is 0.0676. The van der Waals surface area contributed by atoms with E-state index in [1.54, 1.807) is 30.6 Å². The summed E-state index contributed by atoms with van der Waals surface area (Å²) in [6.45, 7) is 1.29. The molecule has 0 unspecified atom stereocenters. The van der Waals surface area contributed by atoms with E-state index in [9.17, 15) is 13.2 Å². The number of hydrogen-bond donors (Lipinski definition) is 1. The third-order valence-electron chi connectivity index (χ3n) is 4.01. The van der Waals surface area contributed by atoms with Gasteiger partial charge in [-0.2, -0.15) is 0 Å². The molecule has 3 aromatic rings. The average Bonchev–Trinajstić information content (AvgIpc) is 3.00. The molecule has 136 valence electrons. The van der Waals surface area contributed by atoms with Crippen molar-refractivity contribution < 1.29 is 13.2 Å². The summed E-state index contributed by atoms with van der Waals surface area (Å²) >= 11 is 0. The minimum Gasteiger partial charge on any atom is -0.352 e. The van der Waals surface area contributed by atoms with Crippen LogP contribution in [0.3, 0.4) is 0 Å². The van der Waals surface area contributed by atoms with Crippen LogP contribution in [0.4, 0.5) is 0 Å². The lowest BCUT2D eigenvalue weighted by Crippen LogP contribution is -2.25. The van der Waals surface area contributed by atoms with Crippen LogP contribution in [-0.2, 0) is 22.1 Å². The first-order valence-corrected chi connectivity index (χ1v) is 10.4. The molecule has 0 bridgehead atoms. The summed E-state index contributed by atoms with van der Waals surface area (Å²) in [5.41, 5.74) is 3.12. The highest BCUT2D eigenvalue weighted by atomic mass is 32.2. The van der Waals surface area contributed by atoms with Crippen molar-refractivity contribution in [3.8, 4) is 0 Å². The maximum Gasteiger partial charge on any atom is 0.251 e. The number of amides is 1. The average molecular weight is 371 g/mol. The molecule has 1 heterocycles. The molecule has 0 aliphatic heterocycles. The molecule has 0 fully saturated rings.